The molecule has 0 saturated carbocycles. The van der Waals surface area contributed by atoms with E-state index in [9.17, 15) is 4.79 Å². The molecule has 112 valence electrons. The Bertz CT molecular complexity index is 547. The molecule has 0 radical (unpaired) electrons. The van der Waals surface area contributed by atoms with Crippen molar-refractivity contribution in [3.63, 3.8) is 0 Å². The van der Waals surface area contributed by atoms with E-state index >= 15 is 0 Å². The first-order chi connectivity index (χ1) is 9.89. The van der Waals surface area contributed by atoms with Gasteiger partial charge in [0.1, 0.15) is 5.60 Å². The van der Waals surface area contributed by atoms with Gasteiger partial charge in [-0.1, -0.05) is 5.92 Å². The first-order valence-electron chi connectivity index (χ1n) is 7.29. The second-order valence-electron chi connectivity index (χ2n) is 6.36. The van der Waals surface area contributed by atoms with Gasteiger partial charge in [-0.3, -0.25) is 4.98 Å². The molecule has 1 fully saturated rings. The lowest BCUT2D eigenvalue weighted by Crippen LogP contribution is -2.41. The lowest BCUT2D eigenvalue weighted by molar-refractivity contribution is 0.0204. The van der Waals surface area contributed by atoms with Crippen molar-refractivity contribution in [2.75, 3.05) is 13.1 Å². The van der Waals surface area contributed by atoms with Crippen LogP contribution in [0.5, 0.6) is 0 Å². The smallest absolute Gasteiger partial charge is 0.410 e. The zero-order chi connectivity index (χ0) is 15.5. The van der Waals surface area contributed by atoms with Crippen LogP contribution >= 0.6 is 0 Å². The summed E-state index contributed by atoms with van der Waals surface area (Å²) in [6, 6.07) is 3.80. The number of carbonyl (C=O) groups is 1. The van der Waals surface area contributed by atoms with Crippen molar-refractivity contribution in [2.24, 2.45) is 0 Å². The molecule has 1 aliphatic heterocycles. The zero-order valence-electron chi connectivity index (χ0n) is 12.9. The second kappa shape index (κ2) is 6.17. The topological polar surface area (TPSA) is 42.4 Å². The summed E-state index contributed by atoms with van der Waals surface area (Å²) in [5.41, 5.74) is 1.43. The third kappa shape index (κ3) is 4.22. The van der Waals surface area contributed by atoms with Gasteiger partial charge in [-0.2, -0.15) is 0 Å². The Labute approximate surface area is 126 Å². The highest BCUT2D eigenvalue weighted by Crippen LogP contribution is 2.27. The summed E-state index contributed by atoms with van der Waals surface area (Å²) in [7, 11) is 0. The SMILES string of the molecule is C#Cc1ccnc(C2CCN(C(=O)OC(C)(C)C)CC2)c1. The Hall–Kier alpha value is -2.02. The van der Waals surface area contributed by atoms with Gasteiger partial charge in [0.2, 0.25) is 0 Å². The van der Waals surface area contributed by atoms with Crippen LogP contribution in [0.3, 0.4) is 0 Å². The van der Waals surface area contributed by atoms with Gasteiger partial charge < -0.3 is 9.64 Å². The van der Waals surface area contributed by atoms with E-state index in [1.165, 1.54) is 0 Å². The Morgan fingerprint density at radius 2 is 2.10 bits per heavy atom. The van der Waals surface area contributed by atoms with E-state index in [4.69, 9.17) is 11.2 Å². The van der Waals surface area contributed by atoms with Crippen LogP contribution in [0, 0.1) is 12.3 Å². The third-order valence-electron chi connectivity index (χ3n) is 3.51. The summed E-state index contributed by atoms with van der Waals surface area (Å²) in [4.78, 5) is 18.2. The maximum Gasteiger partial charge on any atom is 0.410 e. The number of amides is 1. The van der Waals surface area contributed by atoms with Crippen molar-refractivity contribution >= 4 is 6.09 Å². The maximum atomic E-state index is 12.0. The van der Waals surface area contributed by atoms with Crippen LogP contribution < -0.4 is 0 Å². The Kier molecular flexibility index (Phi) is 4.52. The van der Waals surface area contributed by atoms with Crippen LogP contribution in [-0.2, 0) is 4.74 Å². The summed E-state index contributed by atoms with van der Waals surface area (Å²) >= 11 is 0. The Morgan fingerprint density at radius 3 is 2.67 bits per heavy atom. The number of terminal acetylenes is 1. The van der Waals surface area contributed by atoms with Crippen LogP contribution in [0.1, 0.15) is 50.8 Å². The lowest BCUT2D eigenvalue weighted by atomic mass is 9.92. The highest BCUT2D eigenvalue weighted by molar-refractivity contribution is 5.68. The molecule has 1 aromatic heterocycles. The van der Waals surface area contributed by atoms with Crippen LogP contribution in [-0.4, -0.2) is 34.7 Å². The second-order valence-corrected chi connectivity index (χ2v) is 6.36. The fourth-order valence-electron chi connectivity index (χ4n) is 2.45. The molecule has 0 atom stereocenters. The molecule has 0 aliphatic carbocycles. The lowest BCUT2D eigenvalue weighted by Gasteiger charge is -2.33. The van der Waals surface area contributed by atoms with E-state index < -0.39 is 5.60 Å². The molecule has 1 amide bonds. The fourth-order valence-corrected chi connectivity index (χ4v) is 2.45. The molecule has 0 N–H and O–H groups in total. The first-order valence-corrected chi connectivity index (χ1v) is 7.29. The quantitative estimate of drug-likeness (QED) is 0.745. The normalized spacial score (nSPS) is 16.4. The van der Waals surface area contributed by atoms with E-state index in [0.717, 1.165) is 24.1 Å². The monoisotopic (exact) mass is 286 g/mol. The molecule has 1 aromatic rings. The van der Waals surface area contributed by atoms with Gasteiger partial charge in [0.05, 0.1) is 0 Å². The molecule has 1 aliphatic rings. The van der Waals surface area contributed by atoms with Gasteiger partial charge in [-0.25, -0.2) is 4.79 Å². The molecule has 0 aromatic carbocycles. The third-order valence-corrected chi connectivity index (χ3v) is 3.51. The number of ether oxygens (including phenoxy) is 1. The van der Waals surface area contributed by atoms with E-state index in [1.807, 2.05) is 32.9 Å². The average Bonchev–Trinajstić information content (AvgIpc) is 2.46. The first kappa shape index (κ1) is 15.4. The van der Waals surface area contributed by atoms with Crippen molar-refractivity contribution in [1.82, 2.24) is 9.88 Å². The van der Waals surface area contributed by atoms with Gasteiger partial charge in [0.25, 0.3) is 0 Å². The average molecular weight is 286 g/mol. The molecular formula is C17H22N2O2. The van der Waals surface area contributed by atoms with Crippen LogP contribution in [0.4, 0.5) is 4.79 Å². The van der Waals surface area contributed by atoms with Crippen molar-refractivity contribution in [2.45, 2.75) is 45.1 Å². The summed E-state index contributed by atoms with van der Waals surface area (Å²) in [5, 5.41) is 0. The molecule has 2 rings (SSSR count). The maximum absolute atomic E-state index is 12.0. The number of piperidine rings is 1. The number of likely N-dealkylation sites (tertiary alicyclic amines) is 1. The minimum Gasteiger partial charge on any atom is -0.444 e. The predicted octanol–water partition coefficient (Wildman–Crippen LogP) is 3.18. The molecule has 4 nitrogen and oxygen atoms in total. The number of hydrogen-bond donors (Lipinski definition) is 0. The fraction of sp³-hybridized carbons (Fsp3) is 0.529. The van der Waals surface area contributed by atoms with E-state index in [-0.39, 0.29) is 6.09 Å². The molecule has 21 heavy (non-hydrogen) atoms. The summed E-state index contributed by atoms with van der Waals surface area (Å²) in [5.74, 6) is 2.99. The number of carbonyl (C=O) groups excluding carboxylic acids is 1. The van der Waals surface area contributed by atoms with Crippen LogP contribution in [0.2, 0.25) is 0 Å². The number of pyridine rings is 1. The van der Waals surface area contributed by atoms with E-state index in [2.05, 4.69) is 10.9 Å². The highest BCUT2D eigenvalue weighted by Gasteiger charge is 2.27. The minimum absolute atomic E-state index is 0.230. The zero-order valence-corrected chi connectivity index (χ0v) is 12.9. The number of rotatable bonds is 1. The van der Waals surface area contributed by atoms with Gasteiger partial charge >= 0.3 is 6.09 Å². The van der Waals surface area contributed by atoms with Gasteiger partial charge in [-0.05, 0) is 45.7 Å². The minimum atomic E-state index is -0.448. The van der Waals surface area contributed by atoms with Crippen molar-refractivity contribution in [3.05, 3.63) is 29.6 Å². The van der Waals surface area contributed by atoms with Gasteiger partial charge in [0, 0.05) is 36.5 Å². The van der Waals surface area contributed by atoms with E-state index in [1.54, 1.807) is 11.1 Å². The molecule has 2 heterocycles. The summed E-state index contributed by atoms with van der Waals surface area (Å²) in [6.07, 6.45) is 8.72. The van der Waals surface area contributed by atoms with Crippen molar-refractivity contribution in [1.29, 1.82) is 0 Å². The molecule has 0 spiro atoms. The number of aromatic nitrogens is 1. The summed E-state index contributed by atoms with van der Waals surface area (Å²) in [6.45, 7) is 7.04. The highest BCUT2D eigenvalue weighted by atomic mass is 16.6. The van der Waals surface area contributed by atoms with Gasteiger partial charge in [0.15, 0.2) is 0 Å². The molecular weight excluding hydrogens is 264 g/mol. The molecule has 4 heteroatoms. The van der Waals surface area contributed by atoms with E-state index in [0.29, 0.717) is 19.0 Å². The van der Waals surface area contributed by atoms with Crippen LogP contribution in [0.15, 0.2) is 18.3 Å². The van der Waals surface area contributed by atoms with Crippen molar-refractivity contribution in [3.8, 4) is 12.3 Å². The molecule has 0 unspecified atom stereocenters. The summed E-state index contributed by atoms with van der Waals surface area (Å²) < 4.78 is 5.40. The largest absolute Gasteiger partial charge is 0.444 e. The number of nitrogens with zero attached hydrogens (tertiary/aromatic N) is 2. The van der Waals surface area contributed by atoms with Gasteiger partial charge in [-0.15, -0.1) is 6.42 Å². The Morgan fingerprint density at radius 1 is 1.43 bits per heavy atom. The molecule has 0 bridgehead atoms. The van der Waals surface area contributed by atoms with Crippen molar-refractivity contribution < 1.29 is 9.53 Å². The predicted molar refractivity (Wildman–Crippen MR) is 82.0 cm³/mol. The Balaban J connectivity index is 1.94. The molecule has 1 saturated heterocycles. The van der Waals surface area contributed by atoms with Crippen LogP contribution in [0.25, 0.3) is 0 Å². The standard InChI is InChI=1S/C17H22N2O2/c1-5-13-6-9-18-15(12-13)14-7-10-19(11-8-14)16(20)21-17(2,3)4/h1,6,9,12,14H,7-8,10-11H2,2-4H3. The number of hydrogen-bond acceptors (Lipinski definition) is 3.